The highest BCUT2D eigenvalue weighted by Crippen LogP contribution is 2.22. The van der Waals surface area contributed by atoms with E-state index in [2.05, 4.69) is 34.3 Å². The highest BCUT2D eigenvalue weighted by atomic mass is 16.3. The third-order valence-corrected chi connectivity index (χ3v) is 5.20. The molecule has 0 saturated carbocycles. The summed E-state index contributed by atoms with van der Waals surface area (Å²) in [6.07, 6.45) is 1.63. The number of carbonyl (C=O) groups is 1. The molecular weight excluding hydrogens is 340 g/mol. The smallest absolute Gasteiger partial charge is 0.274 e. The minimum Gasteiger partial charge on any atom is -0.467 e. The molecule has 1 aliphatic heterocycles. The fraction of sp³-hybridized carbons (Fsp3) is 0.333. The second-order valence-corrected chi connectivity index (χ2v) is 7.05. The fourth-order valence-electron chi connectivity index (χ4n) is 3.48. The standard InChI is InChI=1S/C21H24N4O2/c1-16(20-9-6-12-27-20)23(2)21(26)19-13-18-15-24(10-11-25(18)22-19)14-17-7-4-3-5-8-17/h3-9,12-13,16H,10-11,14-15H2,1-2H3/t16-/m0/s1. The summed E-state index contributed by atoms with van der Waals surface area (Å²) in [6, 6.07) is 16.0. The number of carbonyl (C=O) groups excluding carboxylic acids is 1. The zero-order valence-corrected chi connectivity index (χ0v) is 15.7. The summed E-state index contributed by atoms with van der Waals surface area (Å²) < 4.78 is 7.39. The first-order chi connectivity index (χ1) is 13.1. The summed E-state index contributed by atoms with van der Waals surface area (Å²) in [7, 11) is 1.79. The number of furan rings is 1. The van der Waals surface area contributed by atoms with E-state index in [-0.39, 0.29) is 11.9 Å². The average molecular weight is 364 g/mol. The molecule has 3 heterocycles. The molecule has 140 valence electrons. The van der Waals surface area contributed by atoms with E-state index in [0.717, 1.165) is 37.6 Å². The molecule has 1 amide bonds. The molecule has 6 heteroatoms. The predicted octanol–water partition coefficient (Wildman–Crippen LogP) is 3.33. The Morgan fingerprint density at radius 1 is 1.22 bits per heavy atom. The predicted molar refractivity (Wildman–Crippen MR) is 102 cm³/mol. The molecule has 0 aliphatic carbocycles. The lowest BCUT2D eigenvalue weighted by molar-refractivity contribution is 0.0719. The van der Waals surface area contributed by atoms with Crippen LogP contribution in [0.2, 0.25) is 0 Å². The first kappa shape index (κ1) is 17.5. The Hall–Kier alpha value is -2.86. The number of rotatable bonds is 5. The monoisotopic (exact) mass is 364 g/mol. The van der Waals surface area contributed by atoms with Crippen molar-refractivity contribution in [1.29, 1.82) is 0 Å². The normalized spacial score (nSPS) is 15.3. The molecule has 0 spiro atoms. The zero-order valence-electron chi connectivity index (χ0n) is 15.7. The lowest BCUT2D eigenvalue weighted by atomic mass is 10.2. The van der Waals surface area contributed by atoms with E-state index in [0.29, 0.717) is 5.69 Å². The number of benzene rings is 1. The maximum atomic E-state index is 12.9. The van der Waals surface area contributed by atoms with Gasteiger partial charge in [-0.15, -0.1) is 0 Å². The van der Waals surface area contributed by atoms with E-state index in [9.17, 15) is 4.79 Å². The van der Waals surface area contributed by atoms with Gasteiger partial charge in [-0.05, 0) is 30.7 Å². The molecule has 0 bridgehead atoms. The van der Waals surface area contributed by atoms with Crippen LogP contribution >= 0.6 is 0 Å². The second-order valence-electron chi connectivity index (χ2n) is 7.05. The molecule has 4 rings (SSSR count). The van der Waals surface area contributed by atoms with Gasteiger partial charge in [-0.2, -0.15) is 5.10 Å². The highest BCUT2D eigenvalue weighted by molar-refractivity contribution is 5.92. The van der Waals surface area contributed by atoms with Crippen molar-refractivity contribution in [2.24, 2.45) is 0 Å². The fourth-order valence-corrected chi connectivity index (χ4v) is 3.48. The summed E-state index contributed by atoms with van der Waals surface area (Å²) in [5.74, 6) is 0.680. The van der Waals surface area contributed by atoms with E-state index in [1.165, 1.54) is 5.56 Å². The van der Waals surface area contributed by atoms with Gasteiger partial charge in [0.1, 0.15) is 5.76 Å². The number of hydrogen-bond donors (Lipinski definition) is 0. The number of nitrogens with zero attached hydrogens (tertiary/aromatic N) is 4. The van der Waals surface area contributed by atoms with Gasteiger partial charge in [0.05, 0.1) is 24.5 Å². The Morgan fingerprint density at radius 2 is 2.04 bits per heavy atom. The van der Waals surface area contributed by atoms with Crippen molar-refractivity contribution < 1.29 is 9.21 Å². The van der Waals surface area contributed by atoms with E-state index >= 15 is 0 Å². The van der Waals surface area contributed by atoms with Crippen molar-refractivity contribution in [3.63, 3.8) is 0 Å². The van der Waals surface area contributed by atoms with E-state index in [4.69, 9.17) is 4.42 Å². The third kappa shape index (κ3) is 3.66. The van der Waals surface area contributed by atoms with Gasteiger partial charge in [-0.1, -0.05) is 30.3 Å². The Balaban J connectivity index is 1.45. The molecule has 3 aromatic rings. The maximum absolute atomic E-state index is 12.9. The first-order valence-electron chi connectivity index (χ1n) is 9.25. The third-order valence-electron chi connectivity index (χ3n) is 5.20. The lowest BCUT2D eigenvalue weighted by Crippen LogP contribution is -2.33. The van der Waals surface area contributed by atoms with Gasteiger partial charge in [-0.25, -0.2) is 0 Å². The van der Waals surface area contributed by atoms with Crippen LogP contribution in [0, 0.1) is 0 Å². The Labute approximate surface area is 159 Å². The summed E-state index contributed by atoms with van der Waals surface area (Å²) in [6.45, 7) is 5.38. The van der Waals surface area contributed by atoms with E-state index < -0.39 is 0 Å². The second kappa shape index (κ2) is 7.40. The van der Waals surface area contributed by atoms with Gasteiger partial charge in [0.15, 0.2) is 5.69 Å². The van der Waals surface area contributed by atoms with Gasteiger partial charge in [0.2, 0.25) is 0 Å². The summed E-state index contributed by atoms with van der Waals surface area (Å²) in [4.78, 5) is 16.9. The van der Waals surface area contributed by atoms with Crippen molar-refractivity contribution in [2.75, 3.05) is 13.6 Å². The molecule has 0 fully saturated rings. The van der Waals surface area contributed by atoms with Gasteiger partial charge in [0.25, 0.3) is 5.91 Å². The highest BCUT2D eigenvalue weighted by Gasteiger charge is 2.26. The molecule has 0 N–H and O–H groups in total. The zero-order chi connectivity index (χ0) is 18.8. The number of fused-ring (bicyclic) bond motifs is 1. The molecule has 1 atom stereocenters. The van der Waals surface area contributed by atoms with Crippen LogP contribution in [-0.2, 0) is 19.6 Å². The molecule has 6 nitrogen and oxygen atoms in total. The SMILES string of the molecule is C[C@@H](c1ccco1)N(C)C(=O)c1cc2n(n1)CCN(Cc1ccccc1)C2. The molecule has 0 radical (unpaired) electrons. The summed E-state index contributed by atoms with van der Waals surface area (Å²) in [5, 5.41) is 4.55. The van der Waals surface area contributed by atoms with Crippen molar-refractivity contribution in [3.05, 3.63) is 77.5 Å². The van der Waals surface area contributed by atoms with Crippen LogP contribution < -0.4 is 0 Å². The van der Waals surface area contributed by atoms with Crippen LogP contribution in [0.4, 0.5) is 0 Å². The van der Waals surface area contributed by atoms with Gasteiger partial charge in [0, 0.05) is 26.7 Å². The quantitative estimate of drug-likeness (QED) is 0.697. The van der Waals surface area contributed by atoms with Crippen molar-refractivity contribution in [2.45, 2.75) is 32.6 Å². The summed E-state index contributed by atoms with van der Waals surface area (Å²) in [5.41, 5.74) is 2.88. The Bertz CT molecular complexity index is 902. The topological polar surface area (TPSA) is 54.5 Å². The molecule has 1 aromatic carbocycles. The van der Waals surface area contributed by atoms with Crippen molar-refractivity contribution >= 4 is 5.91 Å². The summed E-state index contributed by atoms with van der Waals surface area (Å²) >= 11 is 0. The lowest BCUT2D eigenvalue weighted by Gasteiger charge is -2.27. The molecular formula is C21H24N4O2. The first-order valence-corrected chi connectivity index (χ1v) is 9.25. The Morgan fingerprint density at radius 3 is 2.78 bits per heavy atom. The average Bonchev–Trinajstić information content (AvgIpc) is 3.36. The van der Waals surface area contributed by atoms with Crippen LogP contribution in [0.1, 0.15) is 40.5 Å². The van der Waals surface area contributed by atoms with Gasteiger partial charge in [-0.3, -0.25) is 14.4 Å². The molecule has 0 saturated heterocycles. The van der Waals surface area contributed by atoms with Gasteiger partial charge >= 0.3 is 0 Å². The number of hydrogen-bond acceptors (Lipinski definition) is 4. The largest absolute Gasteiger partial charge is 0.467 e. The van der Waals surface area contributed by atoms with Crippen LogP contribution in [0.25, 0.3) is 0 Å². The minimum atomic E-state index is -0.138. The number of aromatic nitrogens is 2. The van der Waals surface area contributed by atoms with Crippen LogP contribution in [0.5, 0.6) is 0 Å². The van der Waals surface area contributed by atoms with Crippen molar-refractivity contribution in [3.8, 4) is 0 Å². The molecule has 2 aromatic heterocycles. The van der Waals surface area contributed by atoms with E-state index in [1.807, 2.05) is 35.9 Å². The molecule has 1 aliphatic rings. The minimum absolute atomic E-state index is 0.0876. The van der Waals surface area contributed by atoms with Gasteiger partial charge < -0.3 is 9.32 Å². The maximum Gasteiger partial charge on any atom is 0.274 e. The van der Waals surface area contributed by atoms with Crippen molar-refractivity contribution in [1.82, 2.24) is 19.6 Å². The van der Waals surface area contributed by atoms with Crippen LogP contribution in [0.3, 0.4) is 0 Å². The molecule has 27 heavy (non-hydrogen) atoms. The van der Waals surface area contributed by atoms with Crippen LogP contribution in [0.15, 0.2) is 59.2 Å². The number of amides is 1. The van der Waals surface area contributed by atoms with E-state index in [1.54, 1.807) is 18.2 Å². The Kier molecular flexibility index (Phi) is 4.81. The molecule has 0 unspecified atom stereocenters. The van der Waals surface area contributed by atoms with Crippen LogP contribution in [-0.4, -0.2) is 39.1 Å².